The quantitative estimate of drug-likeness (QED) is 0.602. The van der Waals surface area contributed by atoms with Gasteiger partial charge in [0.1, 0.15) is 11.9 Å². The number of hydrogen-bond donors (Lipinski definition) is 4. The monoisotopic (exact) mass is 412 g/mol. The van der Waals surface area contributed by atoms with Crippen molar-refractivity contribution in [3.63, 3.8) is 0 Å². The van der Waals surface area contributed by atoms with E-state index in [0.717, 1.165) is 36.1 Å². The Morgan fingerprint density at radius 2 is 2.10 bits per heavy atom. The van der Waals surface area contributed by atoms with E-state index in [-0.39, 0.29) is 41.7 Å². The first kappa shape index (κ1) is 20.3. The highest BCUT2D eigenvalue weighted by Crippen LogP contribution is 2.36. The summed E-state index contributed by atoms with van der Waals surface area (Å²) < 4.78 is 5.48. The molecule has 3 atom stereocenters. The molecule has 30 heavy (non-hydrogen) atoms. The van der Waals surface area contributed by atoms with E-state index in [1.807, 2.05) is 26.0 Å². The SMILES string of the molecule is CC(C)NC(=O)OC1CCC(c2cc(NC(=O)C3Cc4cccc(O)c4C3)n[nH]2)C1. The number of hydrogen-bond acceptors (Lipinski definition) is 5. The number of phenols is 1. The number of rotatable bonds is 5. The number of carbonyl (C=O) groups is 2. The minimum atomic E-state index is -0.378. The van der Waals surface area contributed by atoms with Crippen LogP contribution in [0.5, 0.6) is 5.75 Å². The molecule has 1 aromatic carbocycles. The molecular formula is C22H28N4O4. The number of anilines is 1. The van der Waals surface area contributed by atoms with Crippen molar-refractivity contribution in [1.82, 2.24) is 15.5 Å². The first-order valence-electron chi connectivity index (χ1n) is 10.5. The zero-order valence-electron chi connectivity index (χ0n) is 17.3. The Kier molecular flexibility index (Phi) is 5.65. The standard InChI is InChI=1S/C22H28N4O4/c1-12(2)23-22(29)30-16-7-6-14(9-16)18-11-20(26-25-18)24-21(28)15-8-13-4-3-5-19(27)17(13)10-15/h3-5,11-12,14-16,27H,6-10H2,1-2H3,(H,23,29)(H2,24,25,26,28). The van der Waals surface area contributed by atoms with Gasteiger partial charge in [-0.05, 0) is 63.1 Å². The summed E-state index contributed by atoms with van der Waals surface area (Å²) in [6, 6.07) is 7.32. The minimum absolute atomic E-state index is 0.0464. The van der Waals surface area contributed by atoms with E-state index in [9.17, 15) is 14.7 Å². The number of H-pyrrole nitrogens is 1. The molecule has 0 aliphatic heterocycles. The van der Waals surface area contributed by atoms with Crippen LogP contribution in [0, 0.1) is 5.92 Å². The number of benzene rings is 1. The average molecular weight is 412 g/mol. The molecule has 1 aromatic heterocycles. The van der Waals surface area contributed by atoms with Gasteiger partial charge in [0.15, 0.2) is 5.82 Å². The van der Waals surface area contributed by atoms with Crippen LogP contribution in [0.3, 0.4) is 0 Å². The van der Waals surface area contributed by atoms with Gasteiger partial charge in [0.2, 0.25) is 5.91 Å². The number of carbonyl (C=O) groups excluding carboxylic acids is 2. The summed E-state index contributed by atoms with van der Waals surface area (Å²) in [6.07, 6.45) is 3.10. The molecule has 2 aromatic rings. The molecule has 8 heteroatoms. The van der Waals surface area contributed by atoms with Gasteiger partial charge in [-0.3, -0.25) is 9.89 Å². The summed E-state index contributed by atoms with van der Waals surface area (Å²) in [5, 5.41) is 22.9. The van der Waals surface area contributed by atoms with Crippen molar-refractivity contribution in [2.75, 3.05) is 5.32 Å². The van der Waals surface area contributed by atoms with E-state index in [1.165, 1.54) is 0 Å². The summed E-state index contributed by atoms with van der Waals surface area (Å²) in [7, 11) is 0. The van der Waals surface area contributed by atoms with Gasteiger partial charge in [-0.25, -0.2) is 4.79 Å². The molecule has 160 valence electrons. The number of aromatic hydroxyl groups is 1. The largest absolute Gasteiger partial charge is 0.508 e. The zero-order chi connectivity index (χ0) is 21.3. The van der Waals surface area contributed by atoms with Gasteiger partial charge in [0, 0.05) is 29.6 Å². The molecule has 2 aliphatic carbocycles. The van der Waals surface area contributed by atoms with Gasteiger partial charge in [0.05, 0.1) is 0 Å². The van der Waals surface area contributed by atoms with Crippen LogP contribution in [0.2, 0.25) is 0 Å². The number of fused-ring (bicyclic) bond motifs is 1. The highest BCUT2D eigenvalue weighted by atomic mass is 16.6. The molecule has 2 aliphatic rings. The maximum Gasteiger partial charge on any atom is 0.407 e. The number of phenolic OH excluding ortho intramolecular Hbond substituents is 1. The zero-order valence-corrected chi connectivity index (χ0v) is 17.3. The van der Waals surface area contributed by atoms with E-state index in [0.29, 0.717) is 18.7 Å². The summed E-state index contributed by atoms with van der Waals surface area (Å²) in [5.41, 5.74) is 2.82. The highest BCUT2D eigenvalue weighted by molar-refractivity contribution is 5.92. The number of aromatic nitrogens is 2. The smallest absolute Gasteiger partial charge is 0.407 e. The van der Waals surface area contributed by atoms with E-state index >= 15 is 0 Å². The minimum Gasteiger partial charge on any atom is -0.508 e. The molecule has 1 fully saturated rings. The maximum atomic E-state index is 12.7. The maximum absolute atomic E-state index is 12.7. The molecule has 0 radical (unpaired) electrons. The first-order chi connectivity index (χ1) is 14.4. The van der Waals surface area contributed by atoms with E-state index in [2.05, 4.69) is 20.8 Å². The second-order valence-corrected chi connectivity index (χ2v) is 8.55. The Balaban J connectivity index is 1.30. The topological polar surface area (TPSA) is 116 Å². The summed E-state index contributed by atoms with van der Waals surface area (Å²) in [4.78, 5) is 24.5. The molecule has 0 bridgehead atoms. The molecule has 1 heterocycles. The fourth-order valence-electron chi connectivity index (χ4n) is 4.41. The summed E-state index contributed by atoms with van der Waals surface area (Å²) in [6.45, 7) is 3.79. The van der Waals surface area contributed by atoms with E-state index < -0.39 is 0 Å². The van der Waals surface area contributed by atoms with Gasteiger partial charge in [-0.1, -0.05) is 12.1 Å². The average Bonchev–Trinajstić information content (AvgIpc) is 3.40. The predicted octanol–water partition coefficient (Wildman–Crippen LogP) is 3.24. The summed E-state index contributed by atoms with van der Waals surface area (Å²) in [5.74, 6) is 0.661. The number of amides is 2. The third kappa shape index (κ3) is 4.42. The normalized spacial score (nSPS) is 22.7. The van der Waals surface area contributed by atoms with Crippen LogP contribution >= 0.6 is 0 Å². The van der Waals surface area contributed by atoms with Crippen molar-refractivity contribution in [1.29, 1.82) is 0 Å². The molecule has 0 saturated heterocycles. The second-order valence-electron chi connectivity index (χ2n) is 8.55. The van der Waals surface area contributed by atoms with Crippen LogP contribution in [0.4, 0.5) is 10.6 Å². The van der Waals surface area contributed by atoms with Crippen molar-refractivity contribution < 1.29 is 19.4 Å². The van der Waals surface area contributed by atoms with Crippen molar-refractivity contribution in [2.24, 2.45) is 5.92 Å². The van der Waals surface area contributed by atoms with Crippen molar-refractivity contribution >= 4 is 17.8 Å². The lowest BCUT2D eigenvalue weighted by Gasteiger charge is -2.14. The van der Waals surface area contributed by atoms with Crippen LogP contribution in [0.25, 0.3) is 0 Å². The molecule has 4 N–H and O–H groups in total. The third-order valence-electron chi connectivity index (χ3n) is 5.89. The van der Waals surface area contributed by atoms with Crippen LogP contribution < -0.4 is 10.6 Å². The van der Waals surface area contributed by atoms with Crippen LogP contribution in [-0.2, 0) is 22.4 Å². The number of nitrogens with one attached hydrogen (secondary N) is 3. The number of nitrogens with zero attached hydrogens (tertiary/aromatic N) is 1. The van der Waals surface area contributed by atoms with E-state index in [4.69, 9.17) is 4.74 Å². The van der Waals surface area contributed by atoms with Crippen LogP contribution in [0.1, 0.15) is 55.8 Å². The molecule has 4 rings (SSSR count). The molecular weight excluding hydrogens is 384 g/mol. The van der Waals surface area contributed by atoms with Gasteiger partial charge >= 0.3 is 6.09 Å². The number of ether oxygens (including phenoxy) is 1. The van der Waals surface area contributed by atoms with Crippen molar-refractivity contribution in [3.8, 4) is 5.75 Å². The van der Waals surface area contributed by atoms with Gasteiger partial charge in [-0.2, -0.15) is 5.10 Å². The van der Waals surface area contributed by atoms with Crippen LogP contribution in [0.15, 0.2) is 24.3 Å². The highest BCUT2D eigenvalue weighted by Gasteiger charge is 2.32. The van der Waals surface area contributed by atoms with E-state index in [1.54, 1.807) is 12.1 Å². The lowest BCUT2D eigenvalue weighted by Crippen LogP contribution is -2.33. The van der Waals surface area contributed by atoms with Crippen molar-refractivity contribution in [3.05, 3.63) is 41.1 Å². The van der Waals surface area contributed by atoms with Gasteiger partial charge < -0.3 is 20.5 Å². The lowest BCUT2D eigenvalue weighted by atomic mass is 10.0. The molecule has 2 amide bonds. The fraction of sp³-hybridized carbons (Fsp3) is 0.500. The number of aromatic amines is 1. The molecule has 8 nitrogen and oxygen atoms in total. The Labute approximate surface area is 175 Å². The Bertz CT molecular complexity index is 939. The predicted molar refractivity (Wildman–Crippen MR) is 111 cm³/mol. The fourth-order valence-corrected chi connectivity index (χ4v) is 4.41. The van der Waals surface area contributed by atoms with Gasteiger partial charge in [0.25, 0.3) is 0 Å². The summed E-state index contributed by atoms with van der Waals surface area (Å²) >= 11 is 0. The number of alkyl carbamates (subject to hydrolysis) is 1. The Morgan fingerprint density at radius 1 is 1.27 bits per heavy atom. The first-order valence-corrected chi connectivity index (χ1v) is 10.5. The Hall–Kier alpha value is -3.03. The third-order valence-corrected chi connectivity index (χ3v) is 5.89. The Morgan fingerprint density at radius 3 is 2.87 bits per heavy atom. The van der Waals surface area contributed by atoms with Crippen molar-refractivity contribution in [2.45, 2.75) is 64.0 Å². The molecule has 1 saturated carbocycles. The second kappa shape index (κ2) is 8.38. The molecule has 0 spiro atoms. The lowest BCUT2D eigenvalue weighted by molar-refractivity contribution is -0.119. The van der Waals surface area contributed by atoms with Gasteiger partial charge in [-0.15, -0.1) is 0 Å². The van der Waals surface area contributed by atoms with Crippen LogP contribution in [-0.4, -0.2) is 39.5 Å². The molecule has 3 unspecified atom stereocenters.